The topological polar surface area (TPSA) is 36.3 Å². The first kappa shape index (κ1) is 14.9. The van der Waals surface area contributed by atoms with Gasteiger partial charge in [-0.15, -0.1) is 0 Å². The largest absolute Gasteiger partial charge is 0.383 e. The van der Waals surface area contributed by atoms with Gasteiger partial charge in [-0.25, -0.2) is 0 Å². The summed E-state index contributed by atoms with van der Waals surface area (Å²) in [6.45, 7) is 7.87. The van der Waals surface area contributed by atoms with Gasteiger partial charge in [-0.05, 0) is 5.41 Å². The molecule has 0 aliphatic heterocycles. The van der Waals surface area contributed by atoms with E-state index in [0.717, 1.165) is 31.6 Å². The zero-order valence-corrected chi connectivity index (χ0v) is 11.5. The normalized spacial score (nSPS) is 11.7. The van der Waals surface area contributed by atoms with Gasteiger partial charge in [0.25, 0.3) is 0 Å². The number of halogens is 1. The smallest absolute Gasteiger partial charge is 0.0635 e. The number of ether oxygens (including phenoxy) is 1. The van der Waals surface area contributed by atoms with Crippen LogP contribution in [0.15, 0.2) is 0 Å². The summed E-state index contributed by atoms with van der Waals surface area (Å²) in [5.41, 5.74) is 0.239. The van der Waals surface area contributed by atoms with E-state index in [-0.39, 0.29) is 5.41 Å². The molecule has 0 saturated carbocycles. The molecule has 0 saturated heterocycles. The highest BCUT2D eigenvalue weighted by atomic mass is 79.9. The van der Waals surface area contributed by atoms with Crippen LogP contribution < -0.4 is 0 Å². The van der Waals surface area contributed by atoms with E-state index in [2.05, 4.69) is 40.7 Å². The van der Waals surface area contributed by atoms with Crippen LogP contribution in [0.1, 0.15) is 20.3 Å². The molecule has 0 rings (SSSR count). The van der Waals surface area contributed by atoms with Gasteiger partial charge < -0.3 is 4.74 Å². The average molecular weight is 277 g/mol. The van der Waals surface area contributed by atoms with E-state index in [9.17, 15) is 0 Å². The fraction of sp³-hybridized carbons (Fsp3) is 0.909. The van der Waals surface area contributed by atoms with E-state index in [1.54, 1.807) is 7.11 Å². The summed E-state index contributed by atoms with van der Waals surface area (Å²) in [6.07, 6.45) is 0.585. The van der Waals surface area contributed by atoms with Crippen LogP contribution in [0, 0.1) is 16.7 Å². The molecule has 0 aromatic carbocycles. The molecule has 0 unspecified atom stereocenters. The third kappa shape index (κ3) is 7.78. The van der Waals surface area contributed by atoms with E-state index >= 15 is 0 Å². The third-order valence-electron chi connectivity index (χ3n) is 2.16. The van der Waals surface area contributed by atoms with Crippen molar-refractivity contribution in [3.63, 3.8) is 0 Å². The third-order valence-corrected chi connectivity index (χ3v) is 3.68. The Morgan fingerprint density at radius 1 is 1.40 bits per heavy atom. The summed E-state index contributed by atoms with van der Waals surface area (Å²) >= 11 is 3.51. The fourth-order valence-corrected chi connectivity index (χ4v) is 1.52. The van der Waals surface area contributed by atoms with Crippen LogP contribution in [-0.4, -0.2) is 43.6 Å². The predicted molar refractivity (Wildman–Crippen MR) is 66.1 cm³/mol. The fourth-order valence-electron chi connectivity index (χ4n) is 1.35. The zero-order chi connectivity index (χ0) is 11.7. The molecular formula is C11H21BrN2O. The van der Waals surface area contributed by atoms with Crippen molar-refractivity contribution in [1.82, 2.24) is 4.90 Å². The second-order valence-corrected chi connectivity index (χ2v) is 5.04. The zero-order valence-electron chi connectivity index (χ0n) is 9.92. The number of nitriles is 1. The first-order valence-corrected chi connectivity index (χ1v) is 6.32. The van der Waals surface area contributed by atoms with Crippen molar-refractivity contribution in [3.8, 4) is 6.07 Å². The number of hydrogen-bond donors (Lipinski definition) is 0. The second kappa shape index (κ2) is 8.09. The molecule has 4 heteroatoms. The van der Waals surface area contributed by atoms with Crippen molar-refractivity contribution >= 4 is 15.9 Å². The molecule has 0 aromatic heterocycles. The predicted octanol–water partition coefficient (Wildman–Crippen LogP) is 2.27. The Hall–Kier alpha value is -0.110. The molecule has 0 N–H and O–H groups in total. The number of alkyl halides is 1. The molecule has 0 aliphatic carbocycles. The first-order valence-electron chi connectivity index (χ1n) is 5.20. The van der Waals surface area contributed by atoms with Gasteiger partial charge in [-0.3, -0.25) is 4.90 Å². The molecule has 0 heterocycles. The van der Waals surface area contributed by atoms with Crippen LogP contribution >= 0.6 is 15.9 Å². The highest BCUT2D eigenvalue weighted by Crippen LogP contribution is 2.19. The number of methoxy groups -OCH3 is 1. The van der Waals surface area contributed by atoms with Crippen molar-refractivity contribution in [2.75, 3.05) is 38.7 Å². The van der Waals surface area contributed by atoms with Crippen molar-refractivity contribution in [2.24, 2.45) is 5.41 Å². The molecule has 0 bridgehead atoms. The second-order valence-electron chi connectivity index (χ2n) is 4.47. The maximum absolute atomic E-state index is 8.58. The minimum absolute atomic E-state index is 0.239. The Kier molecular flexibility index (Phi) is 8.03. The Bertz CT molecular complexity index is 201. The summed E-state index contributed by atoms with van der Waals surface area (Å²) in [6, 6.07) is 2.18. The van der Waals surface area contributed by atoms with Crippen LogP contribution in [0.4, 0.5) is 0 Å². The Balaban J connectivity index is 4.05. The van der Waals surface area contributed by atoms with Gasteiger partial charge in [-0.1, -0.05) is 29.8 Å². The van der Waals surface area contributed by atoms with Gasteiger partial charge in [-0.2, -0.15) is 5.26 Å². The van der Waals surface area contributed by atoms with Crippen molar-refractivity contribution in [2.45, 2.75) is 20.3 Å². The quantitative estimate of drug-likeness (QED) is 0.639. The molecular weight excluding hydrogens is 256 g/mol. The summed E-state index contributed by atoms with van der Waals surface area (Å²) in [4.78, 5) is 2.29. The molecule has 15 heavy (non-hydrogen) atoms. The Morgan fingerprint density at radius 2 is 2.07 bits per heavy atom. The minimum atomic E-state index is 0.239. The molecule has 0 fully saturated rings. The average Bonchev–Trinajstić information content (AvgIpc) is 2.22. The van der Waals surface area contributed by atoms with E-state index in [0.29, 0.717) is 6.42 Å². The van der Waals surface area contributed by atoms with Crippen molar-refractivity contribution in [3.05, 3.63) is 0 Å². The number of nitrogens with zero attached hydrogens (tertiary/aromatic N) is 2. The molecule has 88 valence electrons. The van der Waals surface area contributed by atoms with E-state index in [4.69, 9.17) is 10.00 Å². The van der Waals surface area contributed by atoms with Crippen LogP contribution in [0.25, 0.3) is 0 Å². The highest BCUT2D eigenvalue weighted by Gasteiger charge is 2.20. The van der Waals surface area contributed by atoms with Gasteiger partial charge in [0.15, 0.2) is 0 Å². The lowest BCUT2D eigenvalue weighted by atomic mass is 9.96. The van der Waals surface area contributed by atoms with Crippen LogP contribution in [0.5, 0.6) is 0 Å². The van der Waals surface area contributed by atoms with E-state index in [1.807, 2.05) is 0 Å². The first-order chi connectivity index (χ1) is 7.05. The summed E-state index contributed by atoms with van der Waals surface area (Å²) < 4.78 is 5.06. The SMILES string of the molecule is COCCN(CCC#N)CC(C)(C)CBr. The minimum Gasteiger partial charge on any atom is -0.383 e. The van der Waals surface area contributed by atoms with Crippen LogP contribution in [0.2, 0.25) is 0 Å². The Morgan fingerprint density at radius 3 is 2.53 bits per heavy atom. The number of hydrogen-bond acceptors (Lipinski definition) is 3. The lowest BCUT2D eigenvalue weighted by molar-refractivity contribution is 0.126. The van der Waals surface area contributed by atoms with Gasteiger partial charge in [0.1, 0.15) is 0 Å². The molecule has 3 nitrogen and oxygen atoms in total. The highest BCUT2D eigenvalue weighted by molar-refractivity contribution is 9.09. The molecule has 0 aliphatic rings. The summed E-state index contributed by atoms with van der Waals surface area (Å²) in [5.74, 6) is 0. The van der Waals surface area contributed by atoms with Gasteiger partial charge in [0.05, 0.1) is 12.7 Å². The van der Waals surface area contributed by atoms with Crippen LogP contribution in [0.3, 0.4) is 0 Å². The van der Waals surface area contributed by atoms with Gasteiger partial charge >= 0.3 is 0 Å². The van der Waals surface area contributed by atoms with Gasteiger partial charge in [0.2, 0.25) is 0 Å². The maximum Gasteiger partial charge on any atom is 0.0635 e. The summed E-state index contributed by atoms with van der Waals surface area (Å²) in [5, 5.41) is 9.55. The van der Waals surface area contributed by atoms with Crippen molar-refractivity contribution < 1.29 is 4.74 Å². The maximum atomic E-state index is 8.58. The molecule has 0 radical (unpaired) electrons. The van der Waals surface area contributed by atoms with E-state index < -0.39 is 0 Å². The number of rotatable bonds is 8. The molecule has 0 atom stereocenters. The molecule has 0 amide bonds. The molecule has 0 aromatic rings. The van der Waals surface area contributed by atoms with Crippen molar-refractivity contribution in [1.29, 1.82) is 5.26 Å². The Labute approximate surface area is 102 Å². The summed E-state index contributed by atoms with van der Waals surface area (Å²) in [7, 11) is 1.71. The standard InChI is InChI=1S/C11H21BrN2O/c1-11(2,9-12)10-14(6-4-5-13)7-8-15-3/h4,6-10H2,1-3H3. The monoisotopic (exact) mass is 276 g/mol. The lowest BCUT2D eigenvalue weighted by Crippen LogP contribution is -2.37. The lowest BCUT2D eigenvalue weighted by Gasteiger charge is -2.30. The van der Waals surface area contributed by atoms with Gasteiger partial charge in [0, 0.05) is 38.5 Å². The molecule has 0 spiro atoms. The van der Waals surface area contributed by atoms with Crippen LogP contribution in [-0.2, 0) is 4.74 Å². The van der Waals surface area contributed by atoms with E-state index in [1.165, 1.54) is 0 Å².